The molecule has 0 amide bonds. The molecule has 1 aromatic heterocycles. The lowest BCUT2D eigenvalue weighted by atomic mass is 10.1. The molecule has 0 bridgehead atoms. The standard InChI is InChI=1S/C10H11NO/c1-6-3-4-9-8(5-6)7(2)10(12)11-9/h3-5,11-12H,1-2H3. The van der Waals surface area contributed by atoms with Crippen LogP contribution in [0.25, 0.3) is 10.9 Å². The molecule has 0 aliphatic heterocycles. The van der Waals surface area contributed by atoms with Crippen molar-refractivity contribution in [3.8, 4) is 5.88 Å². The van der Waals surface area contributed by atoms with Gasteiger partial charge in [0.2, 0.25) is 0 Å². The van der Waals surface area contributed by atoms with Gasteiger partial charge in [0.05, 0.1) is 0 Å². The molecule has 0 radical (unpaired) electrons. The third-order valence-corrected chi connectivity index (χ3v) is 2.19. The molecule has 1 heterocycles. The van der Waals surface area contributed by atoms with Crippen LogP contribution in [0, 0.1) is 13.8 Å². The lowest BCUT2D eigenvalue weighted by Crippen LogP contribution is -1.72. The van der Waals surface area contributed by atoms with Gasteiger partial charge in [0.25, 0.3) is 0 Å². The Morgan fingerprint density at radius 2 is 2.00 bits per heavy atom. The summed E-state index contributed by atoms with van der Waals surface area (Å²) in [5, 5.41) is 10.5. The molecule has 0 spiro atoms. The molecule has 62 valence electrons. The maximum absolute atomic E-state index is 9.38. The Bertz CT molecular complexity index is 429. The fourth-order valence-electron chi connectivity index (χ4n) is 1.43. The molecule has 2 nitrogen and oxygen atoms in total. The summed E-state index contributed by atoms with van der Waals surface area (Å²) >= 11 is 0. The predicted octanol–water partition coefficient (Wildman–Crippen LogP) is 2.49. The summed E-state index contributed by atoms with van der Waals surface area (Å²) in [6.07, 6.45) is 0. The van der Waals surface area contributed by atoms with E-state index in [9.17, 15) is 5.11 Å². The number of H-pyrrole nitrogens is 1. The molecule has 0 unspecified atom stereocenters. The molecule has 1 aromatic carbocycles. The number of aromatic hydroxyl groups is 1. The van der Waals surface area contributed by atoms with Gasteiger partial charge in [-0.15, -0.1) is 0 Å². The number of rotatable bonds is 0. The number of aromatic nitrogens is 1. The highest BCUT2D eigenvalue weighted by Crippen LogP contribution is 2.26. The lowest BCUT2D eigenvalue weighted by molar-refractivity contribution is 0.454. The smallest absolute Gasteiger partial charge is 0.192 e. The van der Waals surface area contributed by atoms with Crippen molar-refractivity contribution in [2.75, 3.05) is 0 Å². The van der Waals surface area contributed by atoms with Gasteiger partial charge in [-0.1, -0.05) is 11.6 Å². The first-order chi connectivity index (χ1) is 5.68. The van der Waals surface area contributed by atoms with Gasteiger partial charge in [-0.05, 0) is 26.0 Å². The van der Waals surface area contributed by atoms with Crippen molar-refractivity contribution >= 4 is 10.9 Å². The quantitative estimate of drug-likeness (QED) is 0.611. The number of aromatic amines is 1. The van der Waals surface area contributed by atoms with Gasteiger partial charge in [-0.25, -0.2) is 0 Å². The molecule has 0 fully saturated rings. The number of aryl methyl sites for hydroxylation is 2. The van der Waals surface area contributed by atoms with Crippen molar-refractivity contribution in [2.45, 2.75) is 13.8 Å². The fraction of sp³-hybridized carbons (Fsp3) is 0.200. The molecule has 0 saturated heterocycles. The maximum Gasteiger partial charge on any atom is 0.192 e. The SMILES string of the molecule is Cc1ccc2[nH]c(O)c(C)c2c1. The van der Waals surface area contributed by atoms with Crippen molar-refractivity contribution in [3.05, 3.63) is 29.3 Å². The largest absolute Gasteiger partial charge is 0.494 e. The van der Waals surface area contributed by atoms with Crippen LogP contribution in [0.2, 0.25) is 0 Å². The molecule has 2 N–H and O–H groups in total. The summed E-state index contributed by atoms with van der Waals surface area (Å²) in [7, 11) is 0. The third-order valence-electron chi connectivity index (χ3n) is 2.19. The van der Waals surface area contributed by atoms with E-state index in [0.29, 0.717) is 0 Å². The van der Waals surface area contributed by atoms with Crippen LogP contribution in [0.5, 0.6) is 5.88 Å². The van der Waals surface area contributed by atoms with Crippen molar-refractivity contribution < 1.29 is 5.11 Å². The Morgan fingerprint density at radius 3 is 2.75 bits per heavy atom. The molecule has 0 aliphatic rings. The van der Waals surface area contributed by atoms with Gasteiger partial charge in [0.1, 0.15) is 0 Å². The Balaban J connectivity index is 2.88. The predicted molar refractivity (Wildman–Crippen MR) is 49.4 cm³/mol. The van der Waals surface area contributed by atoms with Crippen LogP contribution in [-0.2, 0) is 0 Å². The zero-order chi connectivity index (χ0) is 8.72. The normalized spacial score (nSPS) is 10.8. The third kappa shape index (κ3) is 0.881. The molecule has 0 saturated carbocycles. The van der Waals surface area contributed by atoms with E-state index < -0.39 is 0 Å². The van der Waals surface area contributed by atoms with Crippen LogP contribution in [0.15, 0.2) is 18.2 Å². The van der Waals surface area contributed by atoms with Gasteiger partial charge < -0.3 is 10.1 Å². The van der Waals surface area contributed by atoms with E-state index in [1.54, 1.807) is 0 Å². The van der Waals surface area contributed by atoms with E-state index in [4.69, 9.17) is 0 Å². The van der Waals surface area contributed by atoms with Crippen LogP contribution in [0.4, 0.5) is 0 Å². The highest BCUT2D eigenvalue weighted by atomic mass is 16.3. The highest BCUT2D eigenvalue weighted by molar-refractivity contribution is 5.85. The first kappa shape index (κ1) is 7.22. The number of nitrogens with one attached hydrogen (secondary N) is 1. The highest BCUT2D eigenvalue weighted by Gasteiger charge is 2.04. The molecule has 0 atom stereocenters. The summed E-state index contributed by atoms with van der Waals surface area (Å²) in [6.45, 7) is 3.95. The first-order valence-electron chi connectivity index (χ1n) is 3.96. The number of benzene rings is 1. The van der Waals surface area contributed by atoms with Gasteiger partial charge >= 0.3 is 0 Å². The maximum atomic E-state index is 9.38. The van der Waals surface area contributed by atoms with Gasteiger partial charge in [0, 0.05) is 16.5 Å². The molecular weight excluding hydrogens is 150 g/mol. The first-order valence-corrected chi connectivity index (χ1v) is 3.96. The Morgan fingerprint density at radius 1 is 1.25 bits per heavy atom. The lowest BCUT2D eigenvalue weighted by Gasteiger charge is -1.92. The number of fused-ring (bicyclic) bond motifs is 1. The van der Waals surface area contributed by atoms with Gasteiger partial charge in [0.15, 0.2) is 5.88 Å². The monoisotopic (exact) mass is 161 g/mol. The second kappa shape index (κ2) is 2.27. The second-order valence-corrected chi connectivity index (χ2v) is 3.15. The summed E-state index contributed by atoms with van der Waals surface area (Å²) in [5.74, 6) is 0.274. The molecule has 0 aliphatic carbocycles. The molecule has 12 heavy (non-hydrogen) atoms. The Hall–Kier alpha value is -1.44. The minimum absolute atomic E-state index is 0.274. The summed E-state index contributed by atoms with van der Waals surface area (Å²) in [6, 6.07) is 6.08. The van der Waals surface area contributed by atoms with Crippen molar-refractivity contribution in [3.63, 3.8) is 0 Å². The van der Waals surface area contributed by atoms with Gasteiger partial charge in [-0.2, -0.15) is 0 Å². The van der Waals surface area contributed by atoms with E-state index in [2.05, 4.69) is 11.1 Å². The average Bonchev–Trinajstić information content (AvgIpc) is 2.31. The summed E-state index contributed by atoms with van der Waals surface area (Å²) < 4.78 is 0. The average molecular weight is 161 g/mol. The summed E-state index contributed by atoms with van der Waals surface area (Å²) in [4.78, 5) is 2.91. The van der Waals surface area contributed by atoms with Crippen molar-refractivity contribution in [2.24, 2.45) is 0 Å². The van der Waals surface area contributed by atoms with E-state index in [0.717, 1.165) is 16.5 Å². The van der Waals surface area contributed by atoms with Crippen LogP contribution >= 0.6 is 0 Å². The van der Waals surface area contributed by atoms with Gasteiger partial charge in [-0.3, -0.25) is 0 Å². The topological polar surface area (TPSA) is 36.0 Å². The molecule has 2 rings (SSSR count). The van der Waals surface area contributed by atoms with E-state index in [-0.39, 0.29) is 5.88 Å². The second-order valence-electron chi connectivity index (χ2n) is 3.15. The van der Waals surface area contributed by atoms with Crippen molar-refractivity contribution in [1.29, 1.82) is 0 Å². The van der Waals surface area contributed by atoms with Crippen LogP contribution in [0.3, 0.4) is 0 Å². The number of hydrogen-bond acceptors (Lipinski definition) is 1. The van der Waals surface area contributed by atoms with Crippen LogP contribution in [0.1, 0.15) is 11.1 Å². The molecule has 2 aromatic rings. The van der Waals surface area contributed by atoms with E-state index >= 15 is 0 Å². The fourth-order valence-corrected chi connectivity index (χ4v) is 1.43. The van der Waals surface area contributed by atoms with Crippen LogP contribution in [-0.4, -0.2) is 10.1 Å². The van der Waals surface area contributed by atoms with Crippen LogP contribution < -0.4 is 0 Å². The van der Waals surface area contributed by atoms with Crippen molar-refractivity contribution in [1.82, 2.24) is 4.98 Å². The molecule has 2 heteroatoms. The molecular formula is C10H11NO. The van der Waals surface area contributed by atoms with E-state index in [1.807, 2.05) is 26.0 Å². The Kier molecular flexibility index (Phi) is 1.37. The minimum atomic E-state index is 0.274. The van der Waals surface area contributed by atoms with E-state index in [1.165, 1.54) is 5.56 Å². The Labute approximate surface area is 70.8 Å². The minimum Gasteiger partial charge on any atom is -0.494 e. The summed E-state index contributed by atoms with van der Waals surface area (Å²) in [5.41, 5.74) is 3.13. The number of hydrogen-bond donors (Lipinski definition) is 2. The zero-order valence-corrected chi connectivity index (χ0v) is 7.18. The zero-order valence-electron chi connectivity index (χ0n) is 7.18.